The maximum absolute atomic E-state index is 12.8. The highest BCUT2D eigenvalue weighted by atomic mass is 35.5. The third kappa shape index (κ3) is 4.38. The van der Waals surface area contributed by atoms with Crippen LogP contribution in [0.5, 0.6) is 0 Å². The molecule has 2 unspecified atom stereocenters. The number of piperidine rings is 1. The second-order valence-corrected chi connectivity index (χ2v) is 8.84. The van der Waals surface area contributed by atoms with Gasteiger partial charge in [0, 0.05) is 35.7 Å². The van der Waals surface area contributed by atoms with E-state index < -0.39 is 0 Å². The molecule has 2 fully saturated rings. The Kier molecular flexibility index (Phi) is 7.14. The highest BCUT2D eigenvalue weighted by Gasteiger charge is 2.30. The molecule has 2 aliphatic rings. The highest BCUT2D eigenvalue weighted by Crippen LogP contribution is 2.45. The van der Waals surface area contributed by atoms with E-state index in [9.17, 15) is 4.79 Å². The minimum Gasteiger partial charge on any atom is -0.334 e. The Hall–Kier alpha value is -0.360. The van der Waals surface area contributed by atoms with Crippen molar-refractivity contribution in [3.05, 3.63) is 35.4 Å². The van der Waals surface area contributed by atoms with Crippen LogP contribution < -0.4 is 5.73 Å². The smallest absolute Gasteiger partial charge is 0.254 e. The molecule has 3 nitrogen and oxygen atoms in total. The van der Waals surface area contributed by atoms with Gasteiger partial charge in [-0.15, -0.1) is 35.9 Å². The van der Waals surface area contributed by atoms with Gasteiger partial charge in [-0.05, 0) is 43.9 Å². The van der Waals surface area contributed by atoms with Crippen molar-refractivity contribution in [1.82, 2.24) is 4.90 Å². The number of carbonyl (C=O) groups is 1. The molecular formula is C17H25ClN2OS2. The molecule has 0 aromatic heterocycles. The van der Waals surface area contributed by atoms with Crippen LogP contribution in [0.15, 0.2) is 24.3 Å². The number of nitrogens with two attached hydrogens (primary N) is 1. The zero-order valence-electron chi connectivity index (χ0n) is 13.4. The van der Waals surface area contributed by atoms with Gasteiger partial charge >= 0.3 is 0 Å². The van der Waals surface area contributed by atoms with E-state index >= 15 is 0 Å². The number of amides is 1. The van der Waals surface area contributed by atoms with E-state index in [-0.39, 0.29) is 30.4 Å². The summed E-state index contributed by atoms with van der Waals surface area (Å²) in [5.74, 6) is 2.58. The van der Waals surface area contributed by atoms with Crippen molar-refractivity contribution in [1.29, 1.82) is 0 Å². The molecule has 0 bridgehead atoms. The average molecular weight is 373 g/mol. The Balaban J connectivity index is 0.00000192. The molecule has 1 aromatic rings. The summed E-state index contributed by atoms with van der Waals surface area (Å²) in [5.41, 5.74) is 8.20. The molecule has 2 N–H and O–H groups in total. The van der Waals surface area contributed by atoms with Crippen LogP contribution >= 0.6 is 35.9 Å². The van der Waals surface area contributed by atoms with Crippen molar-refractivity contribution in [3.63, 3.8) is 0 Å². The first-order valence-corrected chi connectivity index (χ1v) is 10.2. The lowest BCUT2D eigenvalue weighted by Gasteiger charge is -2.38. The second kappa shape index (κ2) is 8.65. The normalized spacial score (nSPS) is 23.4. The largest absolute Gasteiger partial charge is 0.334 e. The fourth-order valence-corrected chi connectivity index (χ4v) is 6.12. The lowest BCUT2D eigenvalue weighted by molar-refractivity contribution is 0.0584. The number of carbonyl (C=O) groups excluding carboxylic acids is 1. The predicted octanol–water partition coefficient (Wildman–Crippen LogP) is 3.93. The first-order chi connectivity index (χ1) is 10.7. The van der Waals surface area contributed by atoms with E-state index in [4.69, 9.17) is 5.73 Å². The molecule has 0 spiro atoms. The Labute approximate surface area is 153 Å². The number of rotatable bonds is 3. The summed E-state index contributed by atoms with van der Waals surface area (Å²) in [6, 6.07) is 8.44. The van der Waals surface area contributed by atoms with Crippen molar-refractivity contribution < 1.29 is 4.79 Å². The lowest BCUT2D eigenvalue weighted by Crippen LogP contribution is -2.51. The molecule has 2 saturated heterocycles. The summed E-state index contributed by atoms with van der Waals surface area (Å²) in [5, 5.41) is 0. The fourth-order valence-electron chi connectivity index (χ4n) is 3.26. The van der Waals surface area contributed by atoms with Crippen LogP contribution in [0, 0.1) is 0 Å². The van der Waals surface area contributed by atoms with Crippen LogP contribution in [-0.4, -0.2) is 40.9 Å². The molecule has 0 aliphatic carbocycles. The van der Waals surface area contributed by atoms with E-state index in [0.29, 0.717) is 4.58 Å². The Morgan fingerprint density at radius 2 is 1.87 bits per heavy atom. The van der Waals surface area contributed by atoms with E-state index in [0.717, 1.165) is 24.9 Å². The van der Waals surface area contributed by atoms with Crippen molar-refractivity contribution >= 4 is 41.8 Å². The summed E-state index contributed by atoms with van der Waals surface area (Å²) in [7, 11) is 0. The monoisotopic (exact) mass is 372 g/mol. The molecular weight excluding hydrogens is 348 g/mol. The Bertz CT molecular complexity index is 518. The van der Waals surface area contributed by atoms with E-state index in [2.05, 4.69) is 12.1 Å². The van der Waals surface area contributed by atoms with Crippen LogP contribution in [0.1, 0.15) is 46.7 Å². The maximum atomic E-state index is 12.8. The zero-order chi connectivity index (χ0) is 15.5. The molecule has 1 aromatic carbocycles. The van der Waals surface area contributed by atoms with Crippen molar-refractivity contribution in [2.45, 2.75) is 42.9 Å². The van der Waals surface area contributed by atoms with Gasteiger partial charge in [-0.25, -0.2) is 0 Å². The predicted molar refractivity (Wildman–Crippen MR) is 104 cm³/mol. The number of hydrogen-bond acceptors (Lipinski definition) is 4. The number of nitrogens with zero attached hydrogens (tertiary/aromatic N) is 1. The number of benzene rings is 1. The van der Waals surface area contributed by atoms with Crippen LogP contribution in [0.25, 0.3) is 0 Å². The van der Waals surface area contributed by atoms with Crippen LogP contribution in [0.2, 0.25) is 0 Å². The van der Waals surface area contributed by atoms with E-state index in [1.54, 1.807) is 0 Å². The zero-order valence-corrected chi connectivity index (χ0v) is 15.9. The molecule has 1 amide bonds. The average Bonchev–Trinajstić information content (AvgIpc) is 3.09. The van der Waals surface area contributed by atoms with Gasteiger partial charge in [-0.2, -0.15) is 0 Å². The minimum atomic E-state index is 0. The van der Waals surface area contributed by atoms with Crippen molar-refractivity contribution in [3.8, 4) is 0 Å². The minimum absolute atomic E-state index is 0. The quantitative estimate of drug-likeness (QED) is 0.873. The van der Waals surface area contributed by atoms with Gasteiger partial charge in [0.15, 0.2) is 0 Å². The lowest BCUT2D eigenvalue weighted by atomic mass is 9.96. The number of likely N-dealkylation sites (tertiary alicyclic amines) is 1. The number of thioether (sulfide) groups is 2. The highest BCUT2D eigenvalue weighted by molar-refractivity contribution is 8.19. The molecule has 6 heteroatoms. The Morgan fingerprint density at radius 1 is 1.22 bits per heavy atom. The molecule has 3 rings (SSSR count). The second-order valence-electron chi connectivity index (χ2n) is 6.12. The summed E-state index contributed by atoms with van der Waals surface area (Å²) in [6.07, 6.45) is 3.28. The molecule has 2 atom stereocenters. The van der Waals surface area contributed by atoms with Crippen molar-refractivity contribution in [2.24, 2.45) is 5.73 Å². The summed E-state index contributed by atoms with van der Waals surface area (Å²) in [6.45, 7) is 2.84. The topological polar surface area (TPSA) is 46.3 Å². The van der Waals surface area contributed by atoms with Gasteiger partial charge in [0.2, 0.25) is 0 Å². The first kappa shape index (κ1) is 19.0. The van der Waals surface area contributed by atoms with Crippen LogP contribution in [0.4, 0.5) is 0 Å². The van der Waals surface area contributed by atoms with Crippen LogP contribution in [-0.2, 0) is 0 Å². The molecule has 128 valence electrons. The van der Waals surface area contributed by atoms with Gasteiger partial charge in [0.05, 0.1) is 4.58 Å². The summed E-state index contributed by atoms with van der Waals surface area (Å²) < 4.78 is 0.538. The first-order valence-electron chi connectivity index (χ1n) is 8.06. The van der Waals surface area contributed by atoms with Crippen molar-refractivity contribution in [2.75, 3.05) is 18.1 Å². The third-order valence-electron chi connectivity index (χ3n) is 4.47. The van der Waals surface area contributed by atoms with Gasteiger partial charge < -0.3 is 10.6 Å². The summed E-state index contributed by atoms with van der Waals surface area (Å²) >= 11 is 3.99. The maximum Gasteiger partial charge on any atom is 0.254 e. The number of hydrogen-bond donors (Lipinski definition) is 1. The van der Waals surface area contributed by atoms with Gasteiger partial charge in [-0.1, -0.05) is 12.1 Å². The van der Waals surface area contributed by atoms with Gasteiger partial charge in [-0.3, -0.25) is 4.79 Å². The molecule has 2 heterocycles. The Morgan fingerprint density at radius 3 is 2.48 bits per heavy atom. The molecule has 0 radical (unpaired) electrons. The summed E-state index contributed by atoms with van der Waals surface area (Å²) in [4.78, 5) is 14.8. The van der Waals surface area contributed by atoms with Crippen LogP contribution in [0.3, 0.4) is 0 Å². The molecule has 23 heavy (non-hydrogen) atoms. The van der Waals surface area contributed by atoms with Gasteiger partial charge in [0.1, 0.15) is 0 Å². The molecule has 2 aliphatic heterocycles. The SMILES string of the molecule is CC(N)C1CCCCN1C(=O)c1ccc(C2SCCS2)cc1.Cl. The van der Waals surface area contributed by atoms with E-state index in [1.807, 2.05) is 47.5 Å². The third-order valence-corrected chi connectivity index (χ3v) is 7.57. The van der Waals surface area contributed by atoms with E-state index in [1.165, 1.54) is 23.5 Å². The molecule has 0 saturated carbocycles. The standard InChI is InChI=1S/C17H24N2OS2.ClH/c1-12(18)15-4-2-3-9-19(15)16(20)13-5-7-14(8-6-13)17-21-10-11-22-17;/h5-8,12,15,17H,2-4,9-11,18H2,1H3;1H. The van der Waals surface area contributed by atoms with Gasteiger partial charge in [0.25, 0.3) is 5.91 Å². The fraction of sp³-hybridized carbons (Fsp3) is 0.588. The number of halogens is 1.